The van der Waals surface area contributed by atoms with E-state index in [4.69, 9.17) is 0 Å². The predicted octanol–water partition coefficient (Wildman–Crippen LogP) is 1.92. The molecule has 0 spiro atoms. The number of rotatable bonds is 5. The van der Waals surface area contributed by atoms with Gasteiger partial charge in [-0.25, -0.2) is 0 Å². The molecule has 1 heterocycles. The molecule has 1 rings (SSSR count). The van der Waals surface area contributed by atoms with Crippen molar-refractivity contribution < 1.29 is 0 Å². The third-order valence-electron chi connectivity index (χ3n) is 1.82. The minimum Gasteiger partial charge on any atom is -0.309 e. The highest BCUT2D eigenvalue weighted by molar-refractivity contribution is 7.98. The van der Waals surface area contributed by atoms with E-state index in [-0.39, 0.29) is 0 Å². The normalized spacial score (nSPS) is 12.8. The highest BCUT2D eigenvalue weighted by atomic mass is 32.2. The zero-order valence-electron chi connectivity index (χ0n) is 8.16. The molecule has 3 heteroatoms. The van der Waals surface area contributed by atoms with Crippen molar-refractivity contribution in [1.82, 2.24) is 10.3 Å². The second-order valence-electron chi connectivity index (χ2n) is 3.09. The van der Waals surface area contributed by atoms with Crippen molar-refractivity contribution in [2.75, 3.05) is 12.0 Å². The summed E-state index contributed by atoms with van der Waals surface area (Å²) in [5.41, 5.74) is 1.29. The summed E-state index contributed by atoms with van der Waals surface area (Å²) >= 11 is 1.87. The van der Waals surface area contributed by atoms with Crippen LogP contribution in [0.15, 0.2) is 24.5 Å². The third kappa shape index (κ3) is 4.29. The molecule has 1 unspecified atom stereocenters. The molecule has 1 atom stereocenters. The Labute approximate surface area is 84.1 Å². The number of nitrogens with zero attached hydrogens (tertiary/aromatic N) is 1. The average Bonchev–Trinajstić information content (AvgIpc) is 2.17. The van der Waals surface area contributed by atoms with Gasteiger partial charge in [-0.2, -0.15) is 11.8 Å². The summed E-state index contributed by atoms with van der Waals surface area (Å²) in [6.45, 7) is 3.14. The van der Waals surface area contributed by atoms with Crippen molar-refractivity contribution in [2.24, 2.45) is 0 Å². The van der Waals surface area contributed by atoms with Crippen LogP contribution in [-0.4, -0.2) is 23.0 Å². The fourth-order valence-corrected chi connectivity index (χ4v) is 1.72. The van der Waals surface area contributed by atoms with Gasteiger partial charge in [-0.3, -0.25) is 4.98 Å². The molecule has 1 aromatic rings. The van der Waals surface area contributed by atoms with Crippen LogP contribution in [0.1, 0.15) is 12.5 Å². The first-order chi connectivity index (χ1) is 6.33. The Balaban J connectivity index is 2.27. The molecule has 2 nitrogen and oxygen atoms in total. The van der Waals surface area contributed by atoms with Gasteiger partial charge in [-0.15, -0.1) is 0 Å². The van der Waals surface area contributed by atoms with Crippen LogP contribution < -0.4 is 5.32 Å². The number of thioether (sulfide) groups is 1. The summed E-state index contributed by atoms with van der Waals surface area (Å²) < 4.78 is 0. The molecule has 0 fully saturated rings. The van der Waals surface area contributed by atoms with Crippen LogP contribution in [0.2, 0.25) is 0 Å². The molecule has 0 aromatic carbocycles. The predicted molar refractivity (Wildman–Crippen MR) is 58.9 cm³/mol. The number of pyridine rings is 1. The summed E-state index contributed by atoms with van der Waals surface area (Å²) in [4.78, 5) is 3.98. The Morgan fingerprint density at radius 2 is 2.15 bits per heavy atom. The first kappa shape index (κ1) is 10.5. The molecule has 0 aliphatic carbocycles. The van der Waals surface area contributed by atoms with Gasteiger partial charge in [0, 0.05) is 30.7 Å². The Hall–Kier alpha value is -0.540. The smallest absolute Gasteiger partial charge is 0.0271 e. The van der Waals surface area contributed by atoms with Gasteiger partial charge in [0.2, 0.25) is 0 Å². The molecular weight excluding hydrogens is 180 g/mol. The summed E-state index contributed by atoms with van der Waals surface area (Å²) in [6, 6.07) is 4.65. The Bertz CT molecular complexity index is 226. The third-order valence-corrected chi connectivity index (χ3v) is 2.65. The molecular formula is C10H16N2S. The van der Waals surface area contributed by atoms with Crippen LogP contribution in [0.3, 0.4) is 0 Å². The summed E-state index contributed by atoms with van der Waals surface area (Å²) in [5, 5.41) is 3.45. The maximum absolute atomic E-state index is 3.98. The highest BCUT2D eigenvalue weighted by Crippen LogP contribution is 1.99. The topological polar surface area (TPSA) is 24.9 Å². The zero-order chi connectivity index (χ0) is 9.52. The molecule has 13 heavy (non-hydrogen) atoms. The van der Waals surface area contributed by atoms with E-state index in [2.05, 4.69) is 23.5 Å². The minimum absolute atomic E-state index is 0.572. The van der Waals surface area contributed by atoms with E-state index in [1.54, 1.807) is 0 Å². The zero-order valence-corrected chi connectivity index (χ0v) is 8.97. The van der Waals surface area contributed by atoms with Crippen molar-refractivity contribution in [3.05, 3.63) is 30.1 Å². The van der Waals surface area contributed by atoms with Crippen molar-refractivity contribution in [2.45, 2.75) is 19.5 Å². The van der Waals surface area contributed by atoms with Gasteiger partial charge in [0.05, 0.1) is 0 Å². The van der Waals surface area contributed by atoms with Crippen molar-refractivity contribution in [3.8, 4) is 0 Å². The monoisotopic (exact) mass is 196 g/mol. The molecule has 0 radical (unpaired) electrons. The first-order valence-corrected chi connectivity index (χ1v) is 5.83. The quantitative estimate of drug-likeness (QED) is 0.779. The molecule has 0 saturated carbocycles. The summed E-state index contributed by atoms with van der Waals surface area (Å²) in [7, 11) is 0. The van der Waals surface area contributed by atoms with Crippen molar-refractivity contribution >= 4 is 11.8 Å². The SMILES string of the molecule is CSCC(C)NCc1ccncc1. The largest absolute Gasteiger partial charge is 0.309 e. The van der Waals surface area contributed by atoms with Crippen LogP contribution in [0.4, 0.5) is 0 Å². The molecule has 72 valence electrons. The van der Waals surface area contributed by atoms with E-state index >= 15 is 0 Å². The van der Waals surface area contributed by atoms with Crippen molar-refractivity contribution in [1.29, 1.82) is 0 Å². The lowest BCUT2D eigenvalue weighted by atomic mass is 10.2. The molecule has 0 bridgehead atoms. The van der Waals surface area contributed by atoms with Crippen LogP contribution in [0.5, 0.6) is 0 Å². The van der Waals surface area contributed by atoms with Gasteiger partial charge in [-0.1, -0.05) is 0 Å². The number of hydrogen-bond donors (Lipinski definition) is 1. The van der Waals surface area contributed by atoms with Gasteiger partial charge >= 0.3 is 0 Å². The lowest BCUT2D eigenvalue weighted by molar-refractivity contribution is 0.596. The summed E-state index contributed by atoms with van der Waals surface area (Å²) in [6.07, 6.45) is 5.79. The lowest BCUT2D eigenvalue weighted by Crippen LogP contribution is -2.27. The first-order valence-electron chi connectivity index (χ1n) is 4.44. The maximum Gasteiger partial charge on any atom is 0.0271 e. The Morgan fingerprint density at radius 3 is 2.77 bits per heavy atom. The fourth-order valence-electron chi connectivity index (χ4n) is 1.10. The van der Waals surface area contributed by atoms with Gasteiger partial charge in [-0.05, 0) is 30.9 Å². The molecule has 0 aliphatic rings. The lowest BCUT2D eigenvalue weighted by Gasteiger charge is -2.11. The van der Waals surface area contributed by atoms with E-state index in [0.29, 0.717) is 6.04 Å². The second kappa shape index (κ2) is 6.00. The standard InChI is InChI=1S/C10H16N2S/c1-9(8-13-2)12-7-10-3-5-11-6-4-10/h3-6,9,12H,7-8H2,1-2H3. The van der Waals surface area contributed by atoms with E-state index in [0.717, 1.165) is 12.3 Å². The van der Waals surface area contributed by atoms with Gasteiger partial charge in [0.25, 0.3) is 0 Å². The average molecular weight is 196 g/mol. The maximum atomic E-state index is 3.98. The molecule has 0 amide bonds. The van der Waals surface area contributed by atoms with E-state index in [1.807, 2.05) is 36.3 Å². The fraction of sp³-hybridized carbons (Fsp3) is 0.500. The van der Waals surface area contributed by atoms with E-state index < -0.39 is 0 Å². The van der Waals surface area contributed by atoms with E-state index in [1.165, 1.54) is 5.56 Å². The van der Waals surface area contributed by atoms with Gasteiger partial charge < -0.3 is 5.32 Å². The van der Waals surface area contributed by atoms with E-state index in [9.17, 15) is 0 Å². The second-order valence-corrected chi connectivity index (χ2v) is 4.00. The van der Waals surface area contributed by atoms with Crippen molar-refractivity contribution in [3.63, 3.8) is 0 Å². The number of hydrogen-bond acceptors (Lipinski definition) is 3. The van der Waals surface area contributed by atoms with Crippen LogP contribution in [0.25, 0.3) is 0 Å². The van der Waals surface area contributed by atoms with Gasteiger partial charge in [0.1, 0.15) is 0 Å². The van der Waals surface area contributed by atoms with Crippen LogP contribution >= 0.6 is 11.8 Å². The van der Waals surface area contributed by atoms with Gasteiger partial charge in [0.15, 0.2) is 0 Å². The molecule has 0 aliphatic heterocycles. The Kier molecular flexibility index (Phi) is 4.86. The van der Waals surface area contributed by atoms with Crippen LogP contribution in [0, 0.1) is 0 Å². The highest BCUT2D eigenvalue weighted by Gasteiger charge is 1.98. The molecule has 1 aromatic heterocycles. The summed E-state index contributed by atoms with van der Waals surface area (Å²) in [5.74, 6) is 1.16. The molecule has 0 saturated heterocycles. The number of aromatic nitrogens is 1. The molecule has 1 N–H and O–H groups in total. The Morgan fingerprint density at radius 1 is 1.46 bits per heavy atom. The minimum atomic E-state index is 0.572. The number of nitrogens with one attached hydrogen (secondary N) is 1. The van der Waals surface area contributed by atoms with Crippen LogP contribution in [-0.2, 0) is 6.54 Å².